The van der Waals surface area contributed by atoms with Crippen molar-refractivity contribution in [2.75, 3.05) is 27.4 Å². The normalized spacial score (nSPS) is 11.2. The average molecular weight is 494 g/mol. The van der Waals surface area contributed by atoms with Crippen molar-refractivity contribution in [3.63, 3.8) is 0 Å². The molecule has 2 aromatic carbocycles. The molecule has 8 nitrogen and oxygen atoms in total. The van der Waals surface area contributed by atoms with Gasteiger partial charge in [0.15, 0.2) is 0 Å². The van der Waals surface area contributed by atoms with Crippen molar-refractivity contribution in [2.45, 2.75) is 4.90 Å². The Hall–Kier alpha value is -2.69. The van der Waals surface area contributed by atoms with Crippen LogP contribution in [-0.2, 0) is 10.0 Å². The highest BCUT2D eigenvalue weighted by molar-refractivity contribution is 9.10. The smallest absolute Gasteiger partial charge is 0.244 e. The van der Waals surface area contributed by atoms with Crippen LogP contribution in [0.3, 0.4) is 0 Å². The topological polar surface area (TPSA) is 99.6 Å². The Labute approximate surface area is 183 Å². The quantitative estimate of drug-likeness (QED) is 0.456. The molecule has 0 bridgehead atoms. The highest BCUT2D eigenvalue weighted by Gasteiger charge is 2.19. The van der Waals surface area contributed by atoms with Crippen molar-refractivity contribution in [3.05, 3.63) is 59.1 Å². The molecule has 1 N–H and O–H groups in total. The first-order valence-electron chi connectivity index (χ1n) is 8.87. The molecule has 0 spiro atoms. The van der Waals surface area contributed by atoms with Gasteiger partial charge in [0.2, 0.25) is 15.9 Å². The zero-order chi connectivity index (χ0) is 21.6. The first kappa shape index (κ1) is 22.0. The number of ether oxygens (including phenoxy) is 3. The Morgan fingerprint density at radius 2 is 1.73 bits per heavy atom. The molecular weight excluding hydrogens is 474 g/mol. The van der Waals surface area contributed by atoms with E-state index >= 15 is 0 Å². The van der Waals surface area contributed by atoms with Crippen LogP contribution < -0.4 is 18.9 Å². The average Bonchev–Trinajstić information content (AvgIpc) is 2.77. The van der Waals surface area contributed by atoms with E-state index in [4.69, 9.17) is 14.2 Å². The molecule has 0 saturated carbocycles. The Balaban J connectivity index is 1.56. The second kappa shape index (κ2) is 9.88. The number of sulfonamides is 1. The fraction of sp³-hybridized carbons (Fsp3) is 0.200. The second-order valence-electron chi connectivity index (χ2n) is 6.03. The molecule has 0 unspecified atom stereocenters. The molecule has 3 rings (SSSR count). The lowest BCUT2D eigenvalue weighted by Gasteiger charge is -2.11. The number of halogens is 1. The third-order valence-electron chi connectivity index (χ3n) is 4.09. The van der Waals surface area contributed by atoms with Crippen LogP contribution in [-0.4, -0.2) is 46.0 Å². The zero-order valence-corrected chi connectivity index (χ0v) is 18.7. The summed E-state index contributed by atoms with van der Waals surface area (Å²) in [6.45, 7) is 0.145. The summed E-state index contributed by atoms with van der Waals surface area (Å²) in [6.07, 6.45) is 0. The van der Waals surface area contributed by atoms with Crippen LogP contribution in [0.5, 0.6) is 17.4 Å². The maximum absolute atomic E-state index is 12.5. The van der Waals surface area contributed by atoms with Gasteiger partial charge < -0.3 is 14.2 Å². The van der Waals surface area contributed by atoms with Crippen LogP contribution in [0.25, 0.3) is 11.3 Å². The van der Waals surface area contributed by atoms with E-state index < -0.39 is 10.0 Å². The van der Waals surface area contributed by atoms with Crippen molar-refractivity contribution >= 4 is 26.0 Å². The van der Waals surface area contributed by atoms with Gasteiger partial charge in [-0.1, -0.05) is 15.9 Å². The van der Waals surface area contributed by atoms with Crippen molar-refractivity contribution in [1.82, 2.24) is 14.9 Å². The summed E-state index contributed by atoms with van der Waals surface area (Å²) in [5.74, 6) is 1.31. The largest absolute Gasteiger partial charge is 0.497 e. The highest BCUT2D eigenvalue weighted by atomic mass is 79.9. The van der Waals surface area contributed by atoms with E-state index in [9.17, 15) is 8.42 Å². The van der Waals surface area contributed by atoms with Gasteiger partial charge in [-0.2, -0.15) is 0 Å². The standard InChI is InChI=1S/C20H20BrN3O5S/c1-27-16-6-3-14(4-7-16)17-8-10-20(24-23-17)29-12-11-22-30(25,26)19-13-15(21)5-9-18(19)28-2/h3-10,13,22H,11-12H2,1-2H3. The van der Waals surface area contributed by atoms with E-state index in [1.165, 1.54) is 13.2 Å². The number of methoxy groups -OCH3 is 2. The zero-order valence-electron chi connectivity index (χ0n) is 16.3. The molecule has 0 saturated heterocycles. The molecule has 0 atom stereocenters. The minimum atomic E-state index is -3.76. The van der Waals surface area contributed by atoms with E-state index in [0.29, 0.717) is 16.0 Å². The first-order chi connectivity index (χ1) is 14.4. The minimum absolute atomic E-state index is 0.0445. The van der Waals surface area contributed by atoms with Gasteiger partial charge in [-0.25, -0.2) is 13.1 Å². The van der Waals surface area contributed by atoms with Gasteiger partial charge in [0.25, 0.3) is 0 Å². The summed E-state index contributed by atoms with van der Waals surface area (Å²) >= 11 is 3.27. The van der Waals surface area contributed by atoms with Gasteiger partial charge in [-0.05, 0) is 48.5 Å². The first-order valence-corrected chi connectivity index (χ1v) is 11.1. The summed E-state index contributed by atoms with van der Waals surface area (Å²) in [4.78, 5) is 0.0445. The van der Waals surface area contributed by atoms with E-state index in [0.717, 1.165) is 11.3 Å². The van der Waals surface area contributed by atoms with Crippen molar-refractivity contribution < 1.29 is 22.6 Å². The van der Waals surface area contributed by atoms with E-state index in [1.807, 2.05) is 24.3 Å². The van der Waals surface area contributed by atoms with Gasteiger partial charge in [-0.15, -0.1) is 10.2 Å². The Morgan fingerprint density at radius 3 is 2.37 bits per heavy atom. The maximum atomic E-state index is 12.5. The number of hydrogen-bond acceptors (Lipinski definition) is 7. The Kier molecular flexibility index (Phi) is 7.24. The van der Waals surface area contributed by atoms with Gasteiger partial charge in [0.05, 0.1) is 19.9 Å². The lowest BCUT2D eigenvalue weighted by Crippen LogP contribution is -2.28. The Bertz CT molecular complexity index is 1090. The van der Waals surface area contributed by atoms with Crippen LogP contribution in [0.15, 0.2) is 64.0 Å². The van der Waals surface area contributed by atoms with Crippen molar-refractivity contribution in [1.29, 1.82) is 0 Å². The number of rotatable bonds is 9. The molecule has 1 aromatic heterocycles. The number of benzene rings is 2. The lowest BCUT2D eigenvalue weighted by atomic mass is 10.1. The predicted molar refractivity (Wildman–Crippen MR) is 115 cm³/mol. The van der Waals surface area contributed by atoms with Crippen LogP contribution in [0.1, 0.15) is 0 Å². The number of hydrogen-bond donors (Lipinski definition) is 1. The van der Waals surface area contributed by atoms with Gasteiger partial charge >= 0.3 is 0 Å². The number of nitrogens with one attached hydrogen (secondary N) is 1. The molecule has 30 heavy (non-hydrogen) atoms. The van der Waals surface area contributed by atoms with Crippen molar-refractivity contribution in [2.24, 2.45) is 0 Å². The third-order valence-corrected chi connectivity index (χ3v) is 6.06. The monoisotopic (exact) mass is 493 g/mol. The third kappa shape index (κ3) is 5.47. The molecular formula is C20H20BrN3O5S. The molecule has 0 amide bonds. The predicted octanol–water partition coefficient (Wildman–Crippen LogP) is 3.28. The highest BCUT2D eigenvalue weighted by Crippen LogP contribution is 2.27. The molecule has 0 aliphatic carbocycles. The Morgan fingerprint density at radius 1 is 0.967 bits per heavy atom. The molecule has 158 valence electrons. The van der Waals surface area contributed by atoms with Gasteiger partial charge in [0.1, 0.15) is 23.0 Å². The van der Waals surface area contributed by atoms with Crippen LogP contribution in [0.4, 0.5) is 0 Å². The van der Waals surface area contributed by atoms with Crippen LogP contribution >= 0.6 is 15.9 Å². The van der Waals surface area contributed by atoms with E-state index in [1.54, 1.807) is 31.4 Å². The molecule has 0 aliphatic rings. The second-order valence-corrected chi connectivity index (χ2v) is 8.68. The minimum Gasteiger partial charge on any atom is -0.497 e. The van der Waals surface area contributed by atoms with Crippen molar-refractivity contribution in [3.8, 4) is 28.6 Å². The van der Waals surface area contributed by atoms with Gasteiger partial charge in [-0.3, -0.25) is 0 Å². The summed E-state index contributed by atoms with van der Waals surface area (Å²) in [6, 6.07) is 15.7. The number of nitrogens with zero attached hydrogens (tertiary/aromatic N) is 2. The molecule has 3 aromatic rings. The fourth-order valence-corrected chi connectivity index (χ4v) is 4.30. The molecule has 0 radical (unpaired) electrons. The van der Waals surface area contributed by atoms with Crippen LogP contribution in [0, 0.1) is 0 Å². The molecule has 1 heterocycles. The van der Waals surface area contributed by atoms with E-state index in [-0.39, 0.29) is 23.8 Å². The van der Waals surface area contributed by atoms with E-state index in [2.05, 4.69) is 30.8 Å². The summed E-state index contributed by atoms with van der Waals surface area (Å²) in [7, 11) is -0.736. The molecule has 0 fully saturated rings. The SMILES string of the molecule is COc1ccc(-c2ccc(OCCNS(=O)(=O)c3cc(Br)ccc3OC)nn2)cc1. The summed E-state index contributed by atoms with van der Waals surface area (Å²) in [5.41, 5.74) is 1.58. The fourth-order valence-electron chi connectivity index (χ4n) is 2.58. The maximum Gasteiger partial charge on any atom is 0.244 e. The molecule has 0 aliphatic heterocycles. The summed E-state index contributed by atoms with van der Waals surface area (Å²) in [5, 5.41) is 8.16. The summed E-state index contributed by atoms with van der Waals surface area (Å²) < 4.78 is 43.9. The van der Waals surface area contributed by atoms with Crippen LogP contribution in [0.2, 0.25) is 0 Å². The molecule has 10 heteroatoms. The number of aromatic nitrogens is 2. The van der Waals surface area contributed by atoms with Gasteiger partial charge in [0, 0.05) is 22.6 Å². The lowest BCUT2D eigenvalue weighted by molar-refractivity contribution is 0.307.